The summed E-state index contributed by atoms with van der Waals surface area (Å²) in [5.41, 5.74) is 3.26. The zero-order valence-electron chi connectivity index (χ0n) is 13.9. The number of aryl methyl sites for hydroxylation is 1. The molecule has 2 aromatic heterocycles. The molecule has 1 aromatic carbocycles. The molecule has 0 spiro atoms. The van der Waals surface area contributed by atoms with Crippen molar-refractivity contribution in [3.05, 3.63) is 60.3 Å². The van der Waals surface area contributed by atoms with E-state index in [4.69, 9.17) is 0 Å². The van der Waals surface area contributed by atoms with Crippen LogP contribution in [0.1, 0.15) is 24.5 Å². The summed E-state index contributed by atoms with van der Waals surface area (Å²) in [7, 11) is 4.17. The van der Waals surface area contributed by atoms with Crippen molar-refractivity contribution in [3.63, 3.8) is 0 Å². The second-order valence-electron chi connectivity index (χ2n) is 5.94. The summed E-state index contributed by atoms with van der Waals surface area (Å²) in [6.07, 6.45) is 4.77. The maximum Gasteiger partial charge on any atom is 0.109 e. The molecular formula is C18H23N5. The monoisotopic (exact) mass is 309 g/mol. The summed E-state index contributed by atoms with van der Waals surface area (Å²) in [6, 6.07) is 12.7. The van der Waals surface area contributed by atoms with Gasteiger partial charge in [-0.15, -0.1) is 0 Å². The van der Waals surface area contributed by atoms with Gasteiger partial charge in [-0.3, -0.25) is 10.00 Å². The minimum atomic E-state index is 0.278. The molecule has 0 saturated carbocycles. The molecule has 5 heteroatoms. The summed E-state index contributed by atoms with van der Waals surface area (Å²) in [5, 5.41) is 7.62. The first kappa shape index (κ1) is 15.5. The van der Waals surface area contributed by atoms with Crippen LogP contribution in [0.5, 0.6) is 0 Å². The Morgan fingerprint density at radius 1 is 1.26 bits per heavy atom. The number of imidazole rings is 1. The molecule has 3 aromatic rings. The predicted molar refractivity (Wildman–Crippen MR) is 92.0 cm³/mol. The normalized spacial score (nSPS) is 12.7. The first-order valence-electron chi connectivity index (χ1n) is 7.92. The second-order valence-corrected chi connectivity index (χ2v) is 5.94. The van der Waals surface area contributed by atoms with Gasteiger partial charge in [0.1, 0.15) is 5.82 Å². The number of hydrogen-bond donors (Lipinski definition) is 1. The molecule has 2 heterocycles. The topological polar surface area (TPSA) is 49.7 Å². The molecule has 0 fully saturated rings. The molecule has 1 N–H and O–H groups in total. The number of rotatable bonds is 6. The van der Waals surface area contributed by atoms with Gasteiger partial charge in [-0.25, -0.2) is 4.98 Å². The highest BCUT2D eigenvalue weighted by molar-refractivity contribution is 5.59. The number of hydrogen-bond acceptors (Lipinski definition) is 3. The molecular weight excluding hydrogens is 286 g/mol. The number of likely N-dealkylation sites (N-methyl/N-ethyl adjacent to an activating group) is 1. The summed E-state index contributed by atoms with van der Waals surface area (Å²) < 4.78 is 2.07. The van der Waals surface area contributed by atoms with Gasteiger partial charge in [0, 0.05) is 44.0 Å². The van der Waals surface area contributed by atoms with Crippen LogP contribution < -0.4 is 0 Å². The van der Waals surface area contributed by atoms with Gasteiger partial charge in [0.15, 0.2) is 0 Å². The SMILES string of the molecule is CC(c1cc(-c2ccccc2)n[nH]1)N(C)CCc1nccn1C. The number of nitrogens with zero attached hydrogens (tertiary/aromatic N) is 4. The zero-order valence-corrected chi connectivity index (χ0v) is 13.9. The number of aromatic amines is 1. The van der Waals surface area contributed by atoms with Crippen molar-refractivity contribution in [2.45, 2.75) is 19.4 Å². The smallest absolute Gasteiger partial charge is 0.109 e. The largest absolute Gasteiger partial charge is 0.338 e. The molecule has 0 radical (unpaired) electrons. The Morgan fingerprint density at radius 3 is 2.74 bits per heavy atom. The zero-order chi connectivity index (χ0) is 16.2. The lowest BCUT2D eigenvalue weighted by Crippen LogP contribution is -2.25. The van der Waals surface area contributed by atoms with E-state index in [1.165, 1.54) is 0 Å². The third kappa shape index (κ3) is 3.51. The van der Waals surface area contributed by atoms with Gasteiger partial charge in [0.2, 0.25) is 0 Å². The molecule has 0 saturated heterocycles. The van der Waals surface area contributed by atoms with Gasteiger partial charge < -0.3 is 4.57 Å². The summed E-state index contributed by atoms with van der Waals surface area (Å²) in [6.45, 7) is 3.15. The van der Waals surface area contributed by atoms with Crippen molar-refractivity contribution in [2.24, 2.45) is 7.05 Å². The highest BCUT2D eigenvalue weighted by Crippen LogP contribution is 2.23. The van der Waals surface area contributed by atoms with E-state index in [-0.39, 0.29) is 6.04 Å². The summed E-state index contributed by atoms with van der Waals surface area (Å²) in [5.74, 6) is 1.11. The molecule has 0 amide bonds. The first-order valence-corrected chi connectivity index (χ1v) is 7.92. The third-order valence-electron chi connectivity index (χ3n) is 4.39. The van der Waals surface area contributed by atoms with Gasteiger partial charge in [0.05, 0.1) is 11.4 Å². The molecule has 0 aliphatic carbocycles. The summed E-state index contributed by atoms with van der Waals surface area (Å²) >= 11 is 0. The Hall–Kier alpha value is -2.40. The first-order chi connectivity index (χ1) is 11.1. The fraction of sp³-hybridized carbons (Fsp3) is 0.333. The third-order valence-corrected chi connectivity index (χ3v) is 4.39. The Morgan fingerprint density at radius 2 is 2.04 bits per heavy atom. The number of aromatic nitrogens is 4. The lowest BCUT2D eigenvalue weighted by Gasteiger charge is -2.23. The molecule has 0 aliphatic rings. The highest BCUT2D eigenvalue weighted by atomic mass is 15.2. The van der Waals surface area contributed by atoms with Gasteiger partial charge >= 0.3 is 0 Å². The lowest BCUT2D eigenvalue weighted by atomic mass is 10.1. The Labute approximate surface area is 137 Å². The standard InChI is InChI=1S/C18H23N5/c1-14(22(2)11-9-18-19-10-12-23(18)3)16-13-17(21-20-16)15-7-5-4-6-8-15/h4-8,10,12-14H,9,11H2,1-3H3,(H,20,21). The average Bonchev–Trinajstić information content (AvgIpc) is 3.22. The van der Waals surface area contributed by atoms with Crippen LogP contribution in [0, 0.1) is 0 Å². The maximum absolute atomic E-state index is 4.45. The van der Waals surface area contributed by atoms with Crippen molar-refractivity contribution in [1.29, 1.82) is 0 Å². The summed E-state index contributed by atoms with van der Waals surface area (Å²) in [4.78, 5) is 6.70. The van der Waals surface area contributed by atoms with Gasteiger partial charge in [0.25, 0.3) is 0 Å². The number of H-pyrrole nitrogens is 1. The quantitative estimate of drug-likeness (QED) is 0.761. The van der Waals surface area contributed by atoms with Gasteiger partial charge in [-0.2, -0.15) is 5.10 Å². The highest BCUT2D eigenvalue weighted by Gasteiger charge is 2.15. The van der Waals surface area contributed by atoms with Crippen molar-refractivity contribution >= 4 is 0 Å². The number of benzene rings is 1. The van der Waals surface area contributed by atoms with E-state index in [0.29, 0.717) is 0 Å². The fourth-order valence-electron chi connectivity index (χ4n) is 2.65. The van der Waals surface area contributed by atoms with Crippen LogP contribution in [0.3, 0.4) is 0 Å². The van der Waals surface area contributed by atoms with E-state index in [1.807, 2.05) is 37.6 Å². The second kappa shape index (κ2) is 6.79. The van der Waals surface area contributed by atoms with Crippen LogP contribution in [-0.4, -0.2) is 38.2 Å². The van der Waals surface area contributed by atoms with E-state index in [1.54, 1.807) is 0 Å². The van der Waals surface area contributed by atoms with E-state index in [2.05, 4.69) is 56.8 Å². The molecule has 0 bridgehead atoms. The van der Waals surface area contributed by atoms with Crippen molar-refractivity contribution < 1.29 is 0 Å². The van der Waals surface area contributed by atoms with Crippen LogP contribution in [0.4, 0.5) is 0 Å². The van der Waals surface area contributed by atoms with Crippen molar-refractivity contribution in [2.75, 3.05) is 13.6 Å². The van der Waals surface area contributed by atoms with E-state index in [0.717, 1.165) is 35.7 Å². The molecule has 0 aliphatic heterocycles. The van der Waals surface area contributed by atoms with Crippen LogP contribution in [-0.2, 0) is 13.5 Å². The van der Waals surface area contributed by atoms with E-state index < -0.39 is 0 Å². The Kier molecular flexibility index (Phi) is 4.57. The Bertz CT molecular complexity index is 744. The van der Waals surface area contributed by atoms with Crippen LogP contribution in [0.2, 0.25) is 0 Å². The predicted octanol–water partition coefficient (Wildman–Crippen LogP) is 3.05. The van der Waals surface area contributed by atoms with Gasteiger partial charge in [-0.1, -0.05) is 30.3 Å². The molecule has 23 heavy (non-hydrogen) atoms. The number of nitrogens with one attached hydrogen (secondary N) is 1. The Balaban J connectivity index is 1.64. The lowest BCUT2D eigenvalue weighted by molar-refractivity contribution is 0.258. The van der Waals surface area contributed by atoms with E-state index in [9.17, 15) is 0 Å². The van der Waals surface area contributed by atoms with E-state index >= 15 is 0 Å². The molecule has 1 unspecified atom stereocenters. The van der Waals surface area contributed by atoms with Crippen molar-refractivity contribution in [1.82, 2.24) is 24.6 Å². The van der Waals surface area contributed by atoms with Crippen LogP contribution in [0.15, 0.2) is 48.8 Å². The maximum atomic E-state index is 4.45. The van der Waals surface area contributed by atoms with Crippen LogP contribution in [0.25, 0.3) is 11.3 Å². The van der Waals surface area contributed by atoms with Crippen molar-refractivity contribution in [3.8, 4) is 11.3 Å². The molecule has 120 valence electrons. The van der Waals surface area contributed by atoms with Gasteiger partial charge in [-0.05, 0) is 20.0 Å². The fourth-order valence-corrected chi connectivity index (χ4v) is 2.65. The minimum absolute atomic E-state index is 0.278. The minimum Gasteiger partial charge on any atom is -0.338 e. The average molecular weight is 309 g/mol. The molecule has 1 atom stereocenters. The molecule has 5 nitrogen and oxygen atoms in total. The molecule has 3 rings (SSSR count). The van der Waals surface area contributed by atoms with Crippen LogP contribution >= 0.6 is 0 Å².